The molecule has 2 heterocycles. The largest absolute Gasteiger partial charge is 0.490 e. The summed E-state index contributed by atoms with van der Waals surface area (Å²) in [5, 5.41) is 8.52. The van der Waals surface area contributed by atoms with Gasteiger partial charge in [0.15, 0.2) is 6.04 Å². The molecule has 2 bridgehead atoms. The summed E-state index contributed by atoms with van der Waals surface area (Å²) in [6.07, 6.45) is 2.95. The molecule has 3 fully saturated rings. The fourth-order valence-electron chi connectivity index (χ4n) is 7.21. The lowest BCUT2D eigenvalue weighted by atomic mass is 9.94. The number of hydrogen-bond acceptors (Lipinski definition) is 6. The number of benzene rings is 3. The zero-order valence-corrected chi connectivity index (χ0v) is 30.1. The first-order valence-electron chi connectivity index (χ1n) is 16.6. The van der Waals surface area contributed by atoms with E-state index in [0.717, 1.165) is 38.1 Å². The summed E-state index contributed by atoms with van der Waals surface area (Å²) in [7, 11) is -3.45. The monoisotopic (exact) mass is 803 g/mol. The zero-order valence-electron chi connectivity index (χ0n) is 27.7. The maximum Gasteiger partial charge on any atom is 0.490 e. The molecule has 3 N–H and O–H groups in total. The van der Waals surface area contributed by atoms with E-state index in [2.05, 4.69) is 15.9 Å². The van der Waals surface area contributed by atoms with Crippen molar-refractivity contribution in [1.82, 2.24) is 9.21 Å². The maximum absolute atomic E-state index is 16.5. The Labute approximate surface area is 301 Å². The number of carbonyl (C=O) groups excluding carboxylic acids is 1. The smallest absolute Gasteiger partial charge is 0.490 e. The lowest BCUT2D eigenvalue weighted by Crippen LogP contribution is -2.61. The minimum Gasteiger partial charge on any atom is -0.490 e. The summed E-state index contributed by atoms with van der Waals surface area (Å²) in [6, 6.07) is 12.3. The van der Waals surface area contributed by atoms with E-state index in [1.165, 1.54) is 47.7 Å². The highest BCUT2D eigenvalue weighted by Gasteiger charge is 2.56. The summed E-state index contributed by atoms with van der Waals surface area (Å²) in [5.74, 6) is -6.75. The van der Waals surface area contributed by atoms with Gasteiger partial charge in [0, 0.05) is 35.2 Å². The molecule has 0 spiro atoms. The van der Waals surface area contributed by atoms with Crippen molar-refractivity contribution in [3.05, 3.63) is 70.7 Å². The first-order valence-corrected chi connectivity index (χ1v) is 18.8. The van der Waals surface area contributed by atoms with Crippen molar-refractivity contribution in [3.63, 3.8) is 0 Å². The van der Waals surface area contributed by atoms with Crippen molar-refractivity contribution in [3.8, 4) is 5.75 Å². The average Bonchev–Trinajstić information content (AvgIpc) is 3.35. The minimum absolute atomic E-state index is 0.116. The summed E-state index contributed by atoms with van der Waals surface area (Å²) in [5.41, 5.74) is 5.75. The topological polar surface area (TPSA) is 130 Å². The number of nitrogens with zero attached hydrogens (tertiary/aromatic N) is 2. The van der Waals surface area contributed by atoms with E-state index >= 15 is 8.78 Å². The number of carboxylic acids is 1. The predicted molar refractivity (Wildman–Crippen MR) is 183 cm³/mol. The number of amides is 1. The van der Waals surface area contributed by atoms with Crippen molar-refractivity contribution in [1.29, 1.82) is 0 Å². The molecule has 278 valence electrons. The van der Waals surface area contributed by atoms with E-state index < -0.39 is 45.6 Å². The molecule has 1 saturated carbocycles. The van der Waals surface area contributed by atoms with Crippen LogP contribution in [0.5, 0.6) is 5.75 Å². The van der Waals surface area contributed by atoms with Crippen LogP contribution in [0.25, 0.3) is 10.8 Å². The van der Waals surface area contributed by atoms with Gasteiger partial charge < -0.3 is 20.5 Å². The van der Waals surface area contributed by atoms with E-state index in [4.69, 9.17) is 20.4 Å². The Morgan fingerprint density at radius 1 is 0.902 bits per heavy atom. The number of nitrogens with two attached hydrogens (primary N) is 1. The van der Waals surface area contributed by atoms with E-state index in [-0.39, 0.29) is 29.1 Å². The second kappa shape index (κ2) is 15.3. The van der Waals surface area contributed by atoms with Gasteiger partial charge in [-0.25, -0.2) is 13.2 Å². The third-order valence-corrected chi connectivity index (χ3v) is 12.1. The second-order valence-electron chi connectivity index (χ2n) is 13.3. The lowest BCUT2D eigenvalue weighted by Gasteiger charge is -2.42. The van der Waals surface area contributed by atoms with Gasteiger partial charge in [0.05, 0.1) is 11.0 Å². The van der Waals surface area contributed by atoms with Gasteiger partial charge in [0.1, 0.15) is 5.75 Å². The molecule has 3 aromatic rings. The number of rotatable bonds is 8. The first kappa shape index (κ1) is 38.9. The Kier molecular flexibility index (Phi) is 11.7. The molecule has 0 aromatic heterocycles. The number of hydrogen-bond donors (Lipinski definition) is 2. The molecule has 16 heteroatoms. The number of likely N-dealkylation sites (N-methyl/N-ethyl adjacent to an activating group) is 1. The number of aliphatic carboxylic acids is 1. The maximum atomic E-state index is 16.5. The lowest BCUT2D eigenvalue weighted by molar-refractivity contribution is -0.192. The number of halogens is 6. The van der Waals surface area contributed by atoms with Crippen LogP contribution in [0.3, 0.4) is 0 Å². The van der Waals surface area contributed by atoms with Crippen LogP contribution in [0, 0.1) is 0 Å². The minimum atomic E-state index is -5.08. The van der Waals surface area contributed by atoms with Crippen molar-refractivity contribution in [2.24, 2.45) is 5.73 Å². The average molecular weight is 805 g/mol. The van der Waals surface area contributed by atoms with Gasteiger partial charge in [-0.05, 0) is 98.5 Å². The number of sulfonamides is 1. The van der Waals surface area contributed by atoms with Crippen LogP contribution in [0.1, 0.15) is 63.4 Å². The second-order valence-corrected chi connectivity index (χ2v) is 16.2. The van der Waals surface area contributed by atoms with Crippen LogP contribution < -0.4 is 10.5 Å². The number of fused-ring (bicyclic) bond motifs is 3. The number of piperidine rings is 1. The Morgan fingerprint density at radius 3 is 2.02 bits per heavy atom. The quantitative estimate of drug-likeness (QED) is 0.230. The van der Waals surface area contributed by atoms with Gasteiger partial charge in [-0.1, -0.05) is 46.6 Å². The van der Waals surface area contributed by atoms with E-state index in [9.17, 15) is 26.4 Å². The fraction of sp³-hybridized carbons (Fsp3) is 0.486. The number of carboxylic acid groups (broad SMARTS) is 1. The highest BCUT2D eigenvalue weighted by molar-refractivity contribution is 9.10. The molecule has 1 amide bonds. The van der Waals surface area contributed by atoms with E-state index in [1.807, 2.05) is 12.1 Å². The van der Waals surface area contributed by atoms with Gasteiger partial charge in [-0.3, -0.25) is 4.79 Å². The van der Waals surface area contributed by atoms with Crippen LogP contribution in [0.4, 0.5) is 22.0 Å². The van der Waals surface area contributed by atoms with Crippen molar-refractivity contribution in [2.75, 3.05) is 7.05 Å². The highest BCUT2D eigenvalue weighted by Crippen LogP contribution is 2.42. The van der Waals surface area contributed by atoms with Gasteiger partial charge in [0.2, 0.25) is 15.9 Å². The molecule has 2 aliphatic heterocycles. The molecule has 3 aromatic carbocycles. The van der Waals surface area contributed by atoms with Crippen molar-refractivity contribution in [2.45, 2.75) is 105 Å². The molecule has 2 saturated heterocycles. The first-order chi connectivity index (χ1) is 23.9. The molecule has 9 nitrogen and oxygen atoms in total. The third kappa shape index (κ3) is 8.66. The SMILES string of the molecule is CN([C@H](C(=O)N1C2CCC1CC(N)C2)C(F)(F)c1ccc(Br)cc1)S(=O)(=O)c1ccc2cc(OC3CCCCC3)ccc2c1.O=C(O)C(F)(F)F. The van der Waals surface area contributed by atoms with Crippen LogP contribution in [-0.4, -0.2) is 78.1 Å². The molecule has 1 aliphatic carbocycles. The zero-order chi connectivity index (χ0) is 37.3. The Balaban J connectivity index is 0.000000654. The highest BCUT2D eigenvalue weighted by atomic mass is 79.9. The van der Waals surface area contributed by atoms with E-state index in [0.29, 0.717) is 45.6 Å². The Bertz CT molecular complexity index is 1830. The Morgan fingerprint density at radius 2 is 1.45 bits per heavy atom. The molecule has 6 rings (SSSR count). The molecule has 51 heavy (non-hydrogen) atoms. The molecule has 3 atom stereocenters. The van der Waals surface area contributed by atoms with Gasteiger partial charge in [-0.15, -0.1) is 0 Å². The van der Waals surface area contributed by atoms with Crippen molar-refractivity contribution < 1.29 is 49.8 Å². The normalized spacial score (nSPS) is 22.0. The summed E-state index contributed by atoms with van der Waals surface area (Å²) in [4.78, 5) is 24.4. The molecular weight excluding hydrogens is 765 g/mol. The molecule has 3 aliphatic rings. The van der Waals surface area contributed by atoms with Crippen LogP contribution in [0.15, 0.2) is 70.0 Å². The summed E-state index contributed by atoms with van der Waals surface area (Å²) >= 11 is 3.26. The Hall–Kier alpha value is -3.34. The van der Waals surface area contributed by atoms with Crippen LogP contribution >= 0.6 is 15.9 Å². The van der Waals surface area contributed by atoms with Crippen molar-refractivity contribution >= 4 is 48.6 Å². The molecule has 0 radical (unpaired) electrons. The number of ether oxygens (including phenoxy) is 1. The van der Waals surface area contributed by atoms with Gasteiger partial charge in [-0.2, -0.15) is 26.3 Å². The molecule has 2 unspecified atom stereocenters. The fourth-order valence-corrected chi connectivity index (χ4v) is 8.82. The van der Waals surface area contributed by atoms with Gasteiger partial charge >= 0.3 is 12.1 Å². The summed E-state index contributed by atoms with van der Waals surface area (Å²) < 4.78 is 100. The number of carbonyl (C=O) groups is 2. The van der Waals surface area contributed by atoms with E-state index in [1.54, 1.807) is 12.1 Å². The van der Waals surface area contributed by atoms with Gasteiger partial charge in [0.25, 0.3) is 5.92 Å². The summed E-state index contributed by atoms with van der Waals surface area (Å²) in [6.45, 7) is 0. The third-order valence-electron chi connectivity index (χ3n) is 9.75. The van der Waals surface area contributed by atoms with Crippen LogP contribution in [-0.2, 0) is 25.5 Å². The number of alkyl halides is 5. The standard InChI is InChI=1S/C33H38BrF2N3O4S.C2HF3O2/c1-38(44(41,42)30-16-8-21-17-29(15-7-22(21)18-30)43-28-5-3-2-4-6-28)31(33(35,36)23-9-11-24(34)12-10-23)32(40)39-26-13-14-27(39)20-25(37)19-26;3-2(4,5)1(6)7/h7-12,15-18,25-28,31H,2-6,13-14,19-20,37H2,1H3;(H,6,7)/t25?,26?,27?,31-;/m1./s1. The molecular formula is C35H39BrF5N3O6S. The predicted octanol–water partition coefficient (Wildman–Crippen LogP) is 7.21. The van der Waals surface area contributed by atoms with Crippen LogP contribution in [0.2, 0.25) is 0 Å².